The zero-order valence-electron chi connectivity index (χ0n) is 10.9. The molecule has 0 radical (unpaired) electrons. The fourth-order valence-corrected chi connectivity index (χ4v) is 2.85. The fraction of sp³-hybridized carbons (Fsp3) is 0.429. The van der Waals surface area contributed by atoms with E-state index in [0.717, 1.165) is 36.3 Å². The van der Waals surface area contributed by atoms with Crippen LogP contribution < -0.4 is 5.32 Å². The Bertz CT molecular complexity index is 509. The van der Waals surface area contributed by atoms with Crippen LogP contribution in [-0.2, 0) is 6.54 Å². The number of nitrogens with zero attached hydrogens (tertiary/aromatic N) is 1. The van der Waals surface area contributed by atoms with E-state index in [4.69, 9.17) is 0 Å². The topological polar surface area (TPSA) is 15.3 Å². The minimum atomic E-state index is -0.159. The summed E-state index contributed by atoms with van der Waals surface area (Å²) < 4.78 is 14.1. The van der Waals surface area contributed by atoms with Crippen molar-refractivity contribution >= 4 is 21.4 Å². The van der Waals surface area contributed by atoms with Crippen molar-refractivity contribution < 1.29 is 4.39 Å². The molecule has 0 spiro atoms. The summed E-state index contributed by atoms with van der Waals surface area (Å²) in [6, 6.07) is 7.10. The Labute approximate surface area is 111 Å². The molecule has 0 atom stereocenters. The minimum absolute atomic E-state index is 0.159. The summed E-state index contributed by atoms with van der Waals surface area (Å²) in [6.45, 7) is 6.12. The maximum Gasteiger partial charge on any atom is 0.124 e. The lowest BCUT2D eigenvalue weighted by molar-refractivity contribution is 0.349. The molecule has 0 aliphatic rings. The first-order valence-electron chi connectivity index (χ1n) is 6.26. The molecular weight excluding hydrogens is 247 g/mol. The molecule has 2 aromatic rings. The minimum Gasteiger partial charge on any atom is -0.311 e. The molecule has 2 rings (SSSR count). The molecule has 4 heteroatoms. The van der Waals surface area contributed by atoms with Crippen molar-refractivity contribution in [2.75, 3.05) is 26.7 Å². The molecule has 2 nitrogen and oxygen atoms in total. The van der Waals surface area contributed by atoms with Gasteiger partial charge in [0.05, 0.1) is 0 Å². The molecule has 1 heterocycles. The van der Waals surface area contributed by atoms with Gasteiger partial charge in [-0.2, -0.15) is 0 Å². The SMILES string of the molecule is CCN(C)CCNCc1cc2ccc(F)cc2s1. The number of hydrogen-bond acceptors (Lipinski definition) is 3. The van der Waals surface area contributed by atoms with Crippen molar-refractivity contribution in [1.82, 2.24) is 10.2 Å². The number of halogens is 1. The van der Waals surface area contributed by atoms with Crippen molar-refractivity contribution in [1.29, 1.82) is 0 Å². The second kappa shape index (κ2) is 6.27. The highest BCUT2D eigenvalue weighted by molar-refractivity contribution is 7.19. The van der Waals surface area contributed by atoms with E-state index in [2.05, 4.69) is 30.3 Å². The van der Waals surface area contributed by atoms with Crippen LogP contribution in [0, 0.1) is 5.82 Å². The van der Waals surface area contributed by atoms with Crippen LogP contribution in [0.2, 0.25) is 0 Å². The van der Waals surface area contributed by atoms with Crippen LogP contribution in [0.3, 0.4) is 0 Å². The van der Waals surface area contributed by atoms with Crippen LogP contribution in [0.4, 0.5) is 4.39 Å². The largest absolute Gasteiger partial charge is 0.311 e. The second-order valence-electron chi connectivity index (χ2n) is 4.47. The number of thiophene rings is 1. The third kappa shape index (κ3) is 3.51. The van der Waals surface area contributed by atoms with Gasteiger partial charge in [0.2, 0.25) is 0 Å². The molecule has 18 heavy (non-hydrogen) atoms. The van der Waals surface area contributed by atoms with E-state index in [-0.39, 0.29) is 5.82 Å². The first-order valence-corrected chi connectivity index (χ1v) is 7.08. The fourth-order valence-electron chi connectivity index (χ4n) is 1.79. The molecule has 0 aliphatic heterocycles. The molecule has 0 amide bonds. The third-order valence-electron chi connectivity index (χ3n) is 3.04. The lowest BCUT2D eigenvalue weighted by Crippen LogP contribution is -2.28. The third-order valence-corrected chi connectivity index (χ3v) is 4.14. The number of fused-ring (bicyclic) bond motifs is 1. The van der Waals surface area contributed by atoms with E-state index in [1.54, 1.807) is 17.4 Å². The molecule has 0 bridgehead atoms. The van der Waals surface area contributed by atoms with Crippen LogP contribution in [0.15, 0.2) is 24.3 Å². The summed E-state index contributed by atoms with van der Waals surface area (Å²) >= 11 is 1.66. The molecular formula is C14H19FN2S. The summed E-state index contributed by atoms with van der Waals surface area (Å²) in [5.74, 6) is -0.159. The van der Waals surface area contributed by atoms with Gasteiger partial charge in [-0.25, -0.2) is 4.39 Å². The zero-order valence-corrected chi connectivity index (χ0v) is 11.7. The van der Waals surface area contributed by atoms with Gasteiger partial charge in [-0.15, -0.1) is 11.3 Å². The van der Waals surface area contributed by atoms with Crippen LogP contribution in [0.25, 0.3) is 10.1 Å². The van der Waals surface area contributed by atoms with E-state index in [1.807, 2.05) is 6.07 Å². The first kappa shape index (κ1) is 13.5. The van der Waals surface area contributed by atoms with E-state index in [9.17, 15) is 4.39 Å². The maximum atomic E-state index is 13.1. The molecule has 1 aromatic heterocycles. The Morgan fingerprint density at radius 3 is 2.94 bits per heavy atom. The van der Waals surface area contributed by atoms with E-state index in [0.29, 0.717) is 0 Å². The first-order chi connectivity index (χ1) is 8.69. The Balaban J connectivity index is 1.88. The average Bonchev–Trinajstić information content (AvgIpc) is 2.76. The number of benzene rings is 1. The Morgan fingerprint density at radius 1 is 1.33 bits per heavy atom. The van der Waals surface area contributed by atoms with Gasteiger partial charge in [0, 0.05) is 29.2 Å². The maximum absolute atomic E-state index is 13.1. The van der Waals surface area contributed by atoms with E-state index in [1.165, 1.54) is 10.9 Å². The van der Waals surface area contributed by atoms with Gasteiger partial charge in [0.1, 0.15) is 5.82 Å². The zero-order chi connectivity index (χ0) is 13.0. The molecule has 0 aliphatic carbocycles. The van der Waals surface area contributed by atoms with Crippen molar-refractivity contribution in [2.45, 2.75) is 13.5 Å². The Morgan fingerprint density at radius 2 is 2.17 bits per heavy atom. The van der Waals surface area contributed by atoms with Gasteiger partial charge in [-0.05, 0) is 37.2 Å². The van der Waals surface area contributed by atoms with Gasteiger partial charge < -0.3 is 10.2 Å². The van der Waals surface area contributed by atoms with Crippen molar-refractivity contribution in [3.63, 3.8) is 0 Å². The van der Waals surface area contributed by atoms with Crippen LogP contribution in [0.1, 0.15) is 11.8 Å². The molecule has 0 saturated heterocycles. The molecule has 0 fully saturated rings. The Hall–Kier alpha value is -0.970. The van der Waals surface area contributed by atoms with Gasteiger partial charge in [-0.1, -0.05) is 13.0 Å². The number of likely N-dealkylation sites (N-methyl/N-ethyl adjacent to an activating group) is 1. The van der Waals surface area contributed by atoms with Crippen LogP contribution >= 0.6 is 11.3 Å². The van der Waals surface area contributed by atoms with E-state index >= 15 is 0 Å². The number of hydrogen-bond donors (Lipinski definition) is 1. The molecule has 1 N–H and O–H groups in total. The number of nitrogens with one attached hydrogen (secondary N) is 1. The van der Waals surface area contributed by atoms with Gasteiger partial charge in [0.25, 0.3) is 0 Å². The van der Waals surface area contributed by atoms with Crippen molar-refractivity contribution in [2.24, 2.45) is 0 Å². The lowest BCUT2D eigenvalue weighted by atomic mass is 10.2. The predicted molar refractivity (Wildman–Crippen MR) is 76.7 cm³/mol. The standard InChI is InChI=1S/C14H19FN2S/c1-3-17(2)7-6-16-10-13-8-11-4-5-12(15)9-14(11)18-13/h4-5,8-9,16H,3,6-7,10H2,1-2H3. The van der Waals surface area contributed by atoms with Gasteiger partial charge in [0.15, 0.2) is 0 Å². The molecule has 98 valence electrons. The van der Waals surface area contributed by atoms with Gasteiger partial charge >= 0.3 is 0 Å². The predicted octanol–water partition coefficient (Wildman–Crippen LogP) is 3.08. The Kier molecular flexibility index (Phi) is 4.69. The summed E-state index contributed by atoms with van der Waals surface area (Å²) in [5.41, 5.74) is 0. The highest BCUT2D eigenvalue weighted by atomic mass is 32.1. The highest BCUT2D eigenvalue weighted by Crippen LogP contribution is 2.26. The van der Waals surface area contributed by atoms with Gasteiger partial charge in [-0.3, -0.25) is 0 Å². The average molecular weight is 266 g/mol. The van der Waals surface area contributed by atoms with Crippen molar-refractivity contribution in [3.05, 3.63) is 35.0 Å². The number of rotatable bonds is 6. The smallest absolute Gasteiger partial charge is 0.124 e. The highest BCUT2D eigenvalue weighted by Gasteiger charge is 2.02. The van der Waals surface area contributed by atoms with Crippen molar-refractivity contribution in [3.8, 4) is 0 Å². The summed E-state index contributed by atoms with van der Waals surface area (Å²) in [4.78, 5) is 3.53. The monoisotopic (exact) mass is 266 g/mol. The van der Waals surface area contributed by atoms with E-state index < -0.39 is 0 Å². The van der Waals surface area contributed by atoms with Crippen LogP contribution in [0.5, 0.6) is 0 Å². The summed E-state index contributed by atoms with van der Waals surface area (Å²) in [5, 5.41) is 4.55. The lowest BCUT2D eigenvalue weighted by Gasteiger charge is -2.13. The summed E-state index contributed by atoms with van der Waals surface area (Å²) in [6.07, 6.45) is 0. The quantitative estimate of drug-likeness (QED) is 0.808. The summed E-state index contributed by atoms with van der Waals surface area (Å²) in [7, 11) is 2.11. The second-order valence-corrected chi connectivity index (χ2v) is 5.64. The molecule has 0 saturated carbocycles. The van der Waals surface area contributed by atoms with Crippen LogP contribution in [-0.4, -0.2) is 31.6 Å². The molecule has 1 aromatic carbocycles. The molecule has 0 unspecified atom stereocenters. The normalized spacial score (nSPS) is 11.6.